The van der Waals surface area contributed by atoms with E-state index >= 15 is 8.78 Å². The highest BCUT2D eigenvalue weighted by Gasteiger charge is 2.65. The Hall–Kier alpha value is -4.94. The smallest absolute Gasteiger partial charge is 0.289 e. The Morgan fingerprint density at radius 3 is 2.47 bits per heavy atom. The number of hydrogen-bond acceptors (Lipinski definition) is 7. The molecule has 53 heavy (non-hydrogen) atoms. The van der Waals surface area contributed by atoms with Crippen molar-refractivity contribution in [1.82, 2.24) is 20.1 Å². The predicted octanol–water partition coefficient (Wildman–Crippen LogP) is 6.69. The number of aliphatic hydroxyl groups is 1. The molecule has 0 saturated heterocycles. The number of aliphatic imine (C=N–C) groups is 1. The van der Waals surface area contributed by atoms with Gasteiger partial charge in [0, 0.05) is 36.1 Å². The number of nitrogens with zero attached hydrogens (tertiary/aromatic N) is 4. The molecule has 2 aliphatic rings. The maximum Gasteiger partial charge on any atom is 0.289 e. The number of carbonyl (C=O) groups is 1. The summed E-state index contributed by atoms with van der Waals surface area (Å²) in [4.78, 5) is 22.2. The molecule has 1 amide bonds. The van der Waals surface area contributed by atoms with E-state index in [0.717, 1.165) is 12.1 Å². The lowest BCUT2D eigenvalue weighted by Crippen LogP contribution is -2.37. The summed E-state index contributed by atoms with van der Waals surface area (Å²) in [5.74, 6) is -4.53. The number of fused-ring (bicyclic) bond motifs is 2. The number of nitrogens with one attached hydrogen (secondary N) is 2. The van der Waals surface area contributed by atoms with Gasteiger partial charge in [-0.15, -0.1) is 0 Å². The quantitative estimate of drug-likeness (QED) is 0.0856. The Labute approximate surface area is 305 Å². The lowest BCUT2D eigenvalue weighted by molar-refractivity contribution is -0.120. The van der Waals surface area contributed by atoms with Crippen molar-refractivity contribution < 1.29 is 36.2 Å². The van der Waals surface area contributed by atoms with E-state index in [1.807, 2.05) is 0 Å². The van der Waals surface area contributed by atoms with Gasteiger partial charge in [-0.2, -0.15) is 13.9 Å². The lowest BCUT2D eigenvalue weighted by atomic mass is 9.71. The monoisotopic (exact) mass is 757 g/mol. The number of hydrogen-bond donors (Lipinski definition) is 4. The van der Waals surface area contributed by atoms with Crippen LogP contribution in [0.25, 0.3) is 22.0 Å². The van der Waals surface area contributed by atoms with Gasteiger partial charge in [0.2, 0.25) is 5.91 Å². The first-order valence-corrected chi connectivity index (χ1v) is 16.9. The van der Waals surface area contributed by atoms with Gasteiger partial charge in [-0.25, -0.2) is 22.5 Å². The first-order chi connectivity index (χ1) is 24.9. The van der Waals surface area contributed by atoms with Crippen LogP contribution in [0, 0.1) is 46.6 Å². The molecule has 16 heteroatoms. The molecule has 2 aromatic carbocycles. The Bertz CT molecular complexity index is 2200. The molecule has 2 saturated carbocycles. The number of carbonyl (C=O) groups excluding carboxylic acids is 1. The maximum absolute atomic E-state index is 15.4. The van der Waals surface area contributed by atoms with Gasteiger partial charge in [-0.3, -0.25) is 14.5 Å². The van der Waals surface area contributed by atoms with Crippen molar-refractivity contribution >= 4 is 45.7 Å². The van der Waals surface area contributed by atoms with Crippen LogP contribution in [0.2, 0.25) is 5.02 Å². The zero-order valence-electron chi connectivity index (χ0n) is 28.6. The predicted molar refractivity (Wildman–Crippen MR) is 188 cm³/mol. The standard InChI is InChI=1S/C37H34ClF6N7O2/c1-36(2,53)11-10-20-4-5-21(22-7-9-25(38)29-32(22)51(3)50-35(29)46)31(48-20)26(14-17-12-18(39)15-19(40)13-17)49-27(52)16-47-33-28(30(45)34(41)42)23-6-8-24(23)37(33,43)44/h4-5,7,9,12-13,15,23-24,26,28,34,45,53H,6,8,14,16H2,1-3H3,(H2,46,50)(H,49,52). The third-order valence-corrected chi connectivity index (χ3v) is 9.84. The van der Waals surface area contributed by atoms with Gasteiger partial charge in [0.15, 0.2) is 5.82 Å². The fraction of sp³-hybridized carbons (Fsp3) is 0.378. The zero-order chi connectivity index (χ0) is 38.6. The lowest BCUT2D eigenvalue weighted by Gasteiger charge is -2.34. The van der Waals surface area contributed by atoms with Crippen LogP contribution in [0.4, 0.5) is 32.2 Å². The van der Waals surface area contributed by atoms with Crippen LogP contribution >= 0.6 is 11.6 Å². The number of rotatable bonds is 9. The van der Waals surface area contributed by atoms with Crippen molar-refractivity contribution in [2.75, 3.05) is 12.3 Å². The van der Waals surface area contributed by atoms with Gasteiger partial charge in [-0.1, -0.05) is 23.6 Å². The first kappa shape index (κ1) is 37.8. The summed E-state index contributed by atoms with van der Waals surface area (Å²) < 4.78 is 88.4. The van der Waals surface area contributed by atoms with E-state index in [4.69, 9.17) is 27.7 Å². The highest BCUT2D eigenvalue weighted by Crippen LogP contribution is 2.57. The summed E-state index contributed by atoms with van der Waals surface area (Å²) in [6.07, 6.45) is -3.26. The van der Waals surface area contributed by atoms with Crippen molar-refractivity contribution in [3.63, 3.8) is 0 Å². The van der Waals surface area contributed by atoms with Crippen LogP contribution in [0.5, 0.6) is 0 Å². The minimum absolute atomic E-state index is 0.0730. The number of pyridine rings is 1. The summed E-state index contributed by atoms with van der Waals surface area (Å²) >= 11 is 6.49. The molecule has 0 spiro atoms. The Kier molecular flexibility index (Phi) is 10.1. The SMILES string of the molecule is Cn1nc(N)c2c(Cl)ccc(-c3ccc(C#CC(C)(C)O)nc3C(Cc3cc(F)cc(F)c3)NC(=O)CN=C3C(C(=N)C(F)F)C4CCC4C3(F)F)c21. The molecule has 4 atom stereocenters. The number of nitrogens with two attached hydrogens (primary N) is 1. The van der Waals surface area contributed by atoms with E-state index in [1.165, 1.54) is 18.5 Å². The third kappa shape index (κ3) is 7.48. The number of anilines is 1. The van der Waals surface area contributed by atoms with E-state index in [2.05, 4.69) is 27.2 Å². The Balaban J connectivity index is 1.47. The first-order valence-electron chi connectivity index (χ1n) is 16.6. The minimum Gasteiger partial charge on any atom is -0.382 e. The largest absolute Gasteiger partial charge is 0.382 e. The van der Waals surface area contributed by atoms with Crippen molar-refractivity contribution in [3.8, 4) is 23.0 Å². The normalized spacial score (nSPS) is 20.5. The van der Waals surface area contributed by atoms with Crippen molar-refractivity contribution in [1.29, 1.82) is 5.41 Å². The molecule has 2 heterocycles. The molecule has 6 rings (SSSR count). The van der Waals surface area contributed by atoms with Crippen LogP contribution in [0.3, 0.4) is 0 Å². The third-order valence-electron chi connectivity index (χ3n) is 9.52. The summed E-state index contributed by atoms with van der Waals surface area (Å²) in [5, 5.41) is 25.8. The van der Waals surface area contributed by atoms with Gasteiger partial charge in [-0.05, 0) is 80.8 Å². The molecule has 2 aromatic heterocycles. The van der Waals surface area contributed by atoms with Crippen LogP contribution in [-0.4, -0.2) is 61.7 Å². The number of alkyl halides is 4. The van der Waals surface area contributed by atoms with E-state index in [-0.39, 0.29) is 42.0 Å². The fourth-order valence-corrected chi connectivity index (χ4v) is 7.40. The highest BCUT2D eigenvalue weighted by molar-refractivity contribution is 6.37. The molecule has 2 fully saturated rings. The molecule has 2 aliphatic carbocycles. The second-order valence-electron chi connectivity index (χ2n) is 13.8. The average Bonchev–Trinajstić information content (AvgIpc) is 3.42. The van der Waals surface area contributed by atoms with E-state index in [0.29, 0.717) is 33.1 Å². The van der Waals surface area contributed by atoms with Gasteiger partial charge >= 0.3 is 0 Å². The van der Waals surface area contributed by atoms with Crippen LogP contribution in [0.15, 0.2) is 47.5 Å². The zero-order valence-corrected chi connectivity index (χ0v) is 29.4. The molecular weight excluding hydrogens is 724 g/mol. The molecule has 5 N–H and O–H groups in total. The second kappa shape index (κ2) is 14.1. The average molecular weight is 758 g/mol. The number of amides is 1. The van der Waals surface area contributed by atoms with Gasteiger partial charge in [0.1, 0.15) is 29.5 Å². The van der Waals surface area contributed by atoms with Crippen molar-refractivity contribution in [2.45, 2.75) is 57.1 Å². The molecular formula is C37H34ClF6N7O2. The number of nitrogen functional groups attached to an aromatic ring is 1. The fourth-order valence-electron chi connectivity index (χ4n) is 7.15. The summed E-state index contributed by atoms with van der Waals surface area (Å²) in [6, 6.07) is 7.98. The molecule has 0 aliphatic heterocycles. The minimum atomic E-state index is -3.60. The Morgan fingerprint density at radius 2 is 1.85 bits per heavy atom. The van der Waals surface area contributed by atoms with E-state index in [9.17, 15) is 27.5 Å². The van der Waals surface area contributed by atoms with Crippen molar-refractivity contribution in [2.24, 2.45) is 29.8 Å². The van der Waals surface area contributed by atoms with Gasteiger partial charge < -0.3 is 21.6 Å². The number of aryl methyl sites for hydroxylation is 1. The molecule has 4 aromatic rings. The van der Waals surface area contributed by atoms with E-state index < -0.39 is 77.3 Å². The van der Waals surface area contributed by atoms with Gasteiger partial charge in [0.05, 0.1) is 39.1 Å². The summed E-state index contributed by atoms with van der Waals surface area (Å²) in [5.41, 5.74) is 4.33. The number of benzene rings is 2. The van der Waals surface area contributed by atoms with Gasteiger partial charge in [0.25, 0.3) is 12.3 Å². The molecule has 278 valence electrons. The summed E-state index contributed by atoms with van der Waals surface area (Å²) in [7, 11) is 1.63. The second-order valence-corrected chi connectivity index (χ2v) is 14.2. The van der Waals surface area contributed by atoms with Crippen LogP contribution in [0.1, 0.15) is 49.7 Å². The Morgan fingerprint density at radius 1 is 1.17 bits per heavy atom. The molecule has 4 unspecified atom stereocenters. The molecule has 0 radical (unpaired) electrons. The summed E-state index contributed by atoms with van der Waals surface area (Å²) in [6.45, 7) is 1.99. The van der Waals surface area contributed by atoms with Crippen LogP contribution in [-0.2, 0) is 18.3 Å². The highest BCUT2D eigenvalue weighted by atomic mass is 35.5. The molecule has 9 nitrogen and oxygen atoms in total. The van der Waals surface area contributed by atoms with Crippen LogP contribution < -0.4 is 11.1 Å². The van der Waals surface area contributed by atoms with E-state index in [1.54, 1.807) is 31.3 Å². The topological polar surface area (TPSA) is 142 Å². The van der Waals surface area contributed by atoms with Crippen molar-refractivity contribution in [3.05, 3.63) is 76.1 Å². The number of aromatic nitrogens is 3. The maximum atomic E-state index is 15.4. The molecule has 0 bridgehead atoms. The number of halogens is 7.